The summed E-state index contributed by atoms with van der Waals surface area (Å²) in [5.74, 6) is 0.840. The Kier molecular flexibility index (Phi) is 2.51. The van der Waals surface area contributed by atoms with E-state index in [1.165, 1.54) is 0 Å². The van der Waals surface area contributed by atoms with Crippen molar-refractivity contribution in [1.29, 1.82) is 0 Å². The minimum atomic E-state index is 0.358. The Bertz CT molecular complexity index is 478. The second kappa shape index (κ2) is 3.82. The highest BCUT2D eigenvalue weighted by molar-refractivity contribution is 6.30. The average molecular weight is 223 g/mol. The molecular weight excluding hydrogens is 212 g/mol. The highest BCUT2D eigenvalue weighted by Gasteiger charge is 2.04. The lowest BCUT2D eigenvalue weighted by atomic mass is 10.2. The summed E-state index contributed by atoms with van der Waals surface area (Å²) in [5.41, 5.74) is 12.3. The SMILES string of the molecule is Nc1ncn(Cc2cccc(Cl)c2)c1N. The Morgan fingerprint density at radius 3 is 2.73 bits per heavy atom. The molecule has 0 aliphatic rings. The van der Waals surface area contributed by atoms with E-state index in [9.17, 15) is 0 Å². The molecule has 2 rings (SSSR count). The highest BCUT2D eigenvalue weighted by Crippen LogP contribution is 2.16. The van der Waals surface area contributed by atoms with Gasteiger partial charge in [0.05, 0.1) is 12.9 Å². The monoisotopic (exact) mass is 222 g/mol. The van der Waals surface area contributed by atoms with Crippen LogP contribution >= 0.6 is 11.6 Å². The van der Waals surface area contributed by atoms with Crippen molar-refractivity contribution in [2.75, 3.05) is 11.5 Å². The highest BCUT2D eigenvalue weighted by atomic mass is 35.5. The molecular formula is C10H11ClN4. The van der Waals surface area contributed by atoms with Crippen LogP contribution in [0.2, 0.25) is 5.02 Å². The largest absolute Gasteiger partial charge is 0.382 e. The molecule has 78 valence electrons. The van der Waals surface area contributed by atoms with Crippen molar-refractivity contribution in [3.8, 4) is 0 Å². The molecule has 0 radical (unpaired) electrons. The van der Waals surface area contributed by atoms with Crippen molar-refractivity contribution >= 4 is 23.2 Å². The van der Waals surface area contributed by atoms with Crippen LogP contribution in [0.25, 0.3) is 0 Å². The van der Waals surface area contributed by atoms with Crippen LogP contribution in [0.3, 0.4) is 0 Å². The van der Waals surface area contributed by atoms with Gasteiger partial charge in [0.1, 0.15) is 5.82 Å². The van der Waals surface area contributed by atoms with Crippen molar-refractivity contribution in [3.63, 3.8) is 0 Å². The number of hydrogen-bond donors (Lipinski definition) is 2. The normalized spacial score (nSPS) is 10.5. The number of halogens is 1. The Labute approximate surface area is 92.5 Å². The first-order valence-electron chi connectivity index (χ1n) is 4.47. The first-order valence-corrected chi connectivity index (χ1v) is 4.85. The van der Waals surface area contributed by atoms with Gasteiger partial charge < -0.3 is 16.0 Å². The van der Waals surface area contributed by atoms with Gasteiger partial charge in [-0.15, -0.1) is 0 Å². The summed E-state index contributed by atoms with van der Waals surface area (Å²) in [7, 11) is 0. The second-order valence-electron chi connectivity index (χ2n) is 3.27. The summed E-state index contributed by atoms with van der Waals surface area (Å²) < 4.78 is 1.78. The van der Waals surface area contributed by atoms with E-state index in [0.717, 1.165) is 5.56 Å². The maximum absolute atomic E-state index is 5.88. The Morgan fingerprint density at radius 1 is 1.33 bits per heavy atom. The van der Waals surface area contributed by atoms with Crippen LogP contribution in [-0.4, -0.2) is 9.55 Å². The number of nitrogens with zero attached hydrogens (tertiary/aromatic N) is 2. The first kappa shape index (κ1) is 9.86. The van der Waals surface area contributed by atoms with E-state index < -0.39 is 0 Å². The minimum Gasteiger partial charge on any atom is -0.382 e. The molecule has 0 aliphatic heterocycles. The molecule has 0 bridgehead atoms. The fraction of sp³-hybridized carbons (Fsp3) is 0.100. The van der Waals surface area contributed by atoms with Crippen LogP contribution in [0.5, 0.6) is 0 Å². The summed E-state index contributed by atoms with van der Waals surface area (Å²) in [6.45, 7) is 0.622. The molecule has 15 heavy (non-hydrogen) atoms. The molecule has 0 spiro atoms. The maximum Gasteiger partial charge on any atom is 0.166 e. The minimum absolute atomic E-state index is 0.358. The number of nitrogens with two attached hydrogens (primary N) is 2. The zero-order valence-corrected chi connectivity index (χ0v) is 8.78. The zero-order valence-electron chi connectivity index (χ0n) is 8.02. The van der Waals surface area contributed by atoms with Gasteiger partial charge in [0.25, 0.3) is 0 Å². The zero-order chi connectivity index (χ0) is 10.8. The topological polar surface area (TPSA) is 69.9 Å². The van der Waals surface area contributed by atoms with Crippen LogP contribution in [0.15, 0.2) is 30.6 Å². The first-order chi connectivity index (χ1) is 7.16. The van der Waals surface area contributed by atoms with Crippen molar-refractivity contribution in [1.82, 2.24) is 9.55 Å². The fourth-order valence-corrected chi connectivity index (χ4v) is 1.58. The predicted octanol–water partition coefficient (Wildman–Crippen LogP) is 1.75. The number of rotatable bonds is 2. The molecule has 2 aromatic rings. The third kappa shape index (κ3) is 2.05. The summed E-state index contributed by atoms with van der Waals surface area (Å²) in [4.78, 5) is 3.92. The van der Waals surface area contributed by atoms with E-state index in [0.29, 0.717) is 23.2 Å². The van der Waals surface area contributed by atoms with Gasteiger partial charge >= 0.3 is 0 Å². The van der Waals surface area contributed by atoms with Gasteiger partial charge in [0, 0.05) is 5.02 Å². The molecule has 4 N–H and O–H groups in total. The maximum atomic E-state index is 5.88. The van der Waals surface area contributed by atoms with Crippen LogP contribution < -0.4 is 11.5 Å². The Morgan fingerprint density at radius 2 is 2.13 bits per heavy atom. The van der Waals surface area contributed by atoms with Gasteiger partial charge in [0.2, 0.25) is 0 Å². The van der Waals surface area contributed by atoms with Crippen molar-refractivity contribution in [3.05, 3.63) is 41.2 Å². The molecule has 0 saturated heterocycles. The molecule has 0 saturated carbocycles. The number of imidazole rings is 1. The Hall–Kier alpha value is -1.68. The van der Waals surface area contributed by atoms with Gasteiger partial charge in [-0.2, -0.15) is 0 Å². The average Bonchev–Trinajstić information content (AvgIpc) is 2.50. The molecule has 0 unspecified atom stereocenters. The fourth-order valence-electron chi connectivity index (χ4n) is 1.37. The Balaban J connectivity index is 2.26. The third-order valence-corrected chi connectivity index (χ3v) is 2.39. The molecule has 1 aromatic heterocycles. The number of nitrogen functional groups attached to an aromatic ring is 2. The van der Waals surface area contributed by atoms with Gasteiger partial charge in [-0.05, 0) is 17.7 Å². The predicted molar refractivity (Wildman–Crippen MR) is 61.6 cm³/mol. The summed E-state index contributed by atoms with van der Waals surface area (Å²) in [6.07, 6.45) is 1.62. The standard InChI is InChI=1S/C10H11ClN4/c11-8-3-1-2-7(4-8)5-15-6-14-9(12)10(15)13/h1-4,6H,5,12-13H2. The van der Waals surface area contributed by atoms with E-state index in [4.69, 9.17) is 23.1 Å². The van der Waals surface area contributed by atoms with E-state index in [1.54, 1.807) is 10.9 Å². The summed E-state index contributed by atoms with van der Waals surface area (Å²) >= 11 is 5.88. The molecule has 0 atom stereocenters. The lowest BCUT2D eigenvalue weighted by molar-refractivity contribution is 0.808. The molecule has 5 heteroatoms. The van der Waals surface area contributed by atoms with Crippen LogP contribution in [0.1, 0.15) is 5.56 Å². The van der Waals surface area contributed by atoms with Gasteiger partial charge in [0.15, 0.2) is 5.82 Å². The molecule has 0 amide bonds. The lowest BCUT2D eigenvalue weighted by Crippen LogP contribution is -2.04. The molecule has 1 heterocycles. The molecule has 4 nitrogen and oxygen atoms in total. The van der Waals surface area contributed by atoms with Crippen LogP contribution in [-0.2, 0) is 6.54 Å². The molecule has 1 aromatic carbocycles. The summed E-state index contributed by atoms with van der Waals surface area (Å²) in [6, 6.07) is 7.59. The quantitative estimate of drug-likeness (QED) is 0.813. The van der Waals surface area contributed by atoms with Crippen LogP contribution in [0.4, 0.5) is 11.6 Å². The number of hydrogen-bond acceptors (Lipinski definition) is 3. The number of benzene rings is 1. The summed E-state index contributed by atoms with van der Waals surface area (Å²) in [5, 5.41) is 0.708. The van der Waals surface area contributed by atoms with Gasteiger partial charge in [-0.25, -0.2) is 4.98 Å². The lowest BCUT2D eigenvalue weighted by Gasteiger charge is -2.05. The van der Waals surface area contributed by atoms with Crippen molar-refractivity contribution < 1.29 is 0 Å². The smallest absolute Gasteiger partial charge is 0.166 e. The van der Waals surface area contributed by atoms with E-state index in [1.807, 2.05) is 24.3 Å². The molecule has 0 fully saturated rings. The van der Waals surface area contributed by atoms with Gasteiger partial charge in [-0.3, -0.25) is 0 Å². The third-order valence-electron chi connectivity index (χ3n) is 2.15. The van der Waals surface area contributed by atoms with Crippen molar-refractivity contribution in [2.24, 2.45) is 0 Å². The number of aromatic nitrogens is 2. The van der Waals surface area contributed by atoms with E-state index >= 15 is 0 Å². The number of anilines is 2. The van der Waals surface area contributed by atoms with E-state index in [2.05, 4.69) is 4.98 Å². The molecule has 0 aliphatic carbocycles. The van der Waals surface area contributed by atoms with E-state index in [-0.39, 0.29) is 0 Å². The van der Waals surface area contributed by atoms with Crippen LogP contribution in [0, 0.1) is 0 Å². The van der Waals surface area contributed by atoms with Gasteiger partial charge in [-0.1, -0.05) is 23.7 Å². The second-order valence-corrected chi connectivity index (χ2v) is 3.71. The van der Waals surface area contributed by atoms with Crippen molar-refractivity contribution in [2.45, 2.75) is 6.54 Å².